The third-order valence-electron chi connectivity index (χ3n) is 3.38. The minimum absolute atomic E-state index is 0.554. The highest BCUT2D eigenvalue weighted by molar-refractivity contribution is 5.55. The van der Waals surface area contributed by atoms with Crippen LogP contribution < -0.4 is 5.32 Å². The molecule has 0 amide bonds. The maximum absolute atomic E-state index is 5.41. The number of imidazole rings is 1. The molecule has 0 spiro atoms. The number of rotatable bonds is 2. The van der Waals surface area contributed by atoms with Gasteiger partial charge in [-0.1, -0.05) is 0 Å². The van der Waals surface area contributed by atoms with Gasteiger partial charge in [-0.25, -0.2) is 4.98 Å². The van der Waals surface area contributed by atoms with Crippen LogP contribution in [0.25, 0.3) is 11.5 Å². The standard InChI is InChI=1S/C13H17N3O/c1-9-12(11-3-2-8-17-11)16-13(15-9)10-4-6-14-7-5-10/h2-3,8,10,14H,4-7H2,1H3,(H,15,16). The van der Waals surface area contributed by atoms with Gasteiger partial charge in [0.05, 0.1) is 6.26 Å². The van der Waals surface area contributed by atoms with Crippen LogP contribution in [0.2, 0.25) is 0 Å². The number of aromatic nitrogens is 2. The molecule has 3 rings (SSSR count). The summed E-state index contributed by atoms with van der Waals surface area (Å²) < 4.78 is 5.41. The molecule has 0 unspecified atom stereocenters. The Morgan fingerprint density at radius 2 is 2.18 bits per heavy atom. The van der Waals surface area contributed by atoms with Crippen molar-refractivity contribution in [1.29, 1.82) is 0 Å². The Morgan fingerprint density at radius 1 is 1.35 bits per heavy atom. The first-order valence-corrected chi connectivity index (χ1v) is 6.15. The van der Waals surface area contributed by atoms with Gasteiger partial charge in [0.15, 0.2) is 5.76 Å². The zero-order valence-corrected chi connectivity index (χ0v) is 9.99. The quantitative estimate of drug-likeness (QED) is 0.834. The molecule has 1 saturated heterocycles. The summed E-state index contributed by atoms with van der Waals surface area (Å²) in [6.07, 6.45) is 4.00. The lowest BCUT2D eigenvalue weighted by atomic mass is 9.98. The number of H-pyrrole nitrogens is 1. The predicted octanol–water partition coefficient (Wildman–Crippen LogP) is 2.45. The van der Waals surface area contributed by atoms with Crippen molar-refractivity contribution >= 4 is 0 Å². The fourth-order valence-electron chi connectivity index (χ4n) is 2.43. The third kappa shape index (κ3) is 2.00. The molecule has 1 fully saturated rings. The Balaban J connectivity index is 1.90. The number of furan rings is 1. The van der Waals surface area contributed by atoms with E-state index in [2.05, 4.69) is 17.2 Å². The molecule has 0 bridgehead atoms. The lowest BCUT2D eigenvalue weighted by Crippen LogP contribution is -2.27. The molecule has 0 atom stereocenters. The van der Waals surface area contributed by atoms with Crippen molar-refractivity contribution in [2.45, 2.75) is 25.7 Å². The van der Waals surface area contributed by atoms with E-state index in [0.29, 0.717) is 5.92 Å². The number of nitrogens with zero attached hydrogens (tertiary/aromatic N) is 1. The van der Waals surface area contributed by atoms with Gasteiger partial charge in [-0.2, -0.15) is 0 Å². The highest BCUT2D eigenvalue weighted by atomic mass is 16.3. The van der Waals surface area contributed by atoms with E-state index in [4.69, 9.17) is 9.40 Å². The van der Waals surface area contributed by atoms with Crippen LogP contribution in [-0.2, 0) is 0 Å². The summed E-state index contributed by atoms with van der Waals surface area (Å²) in [6.45, 7) is 4.22. The van der Waals surface area contributed by atoms with Crippen LogP contribution in [0.5, 0.6) is 0 Å². The number of piperidine rings is 1. The SMILES string of the molecule is Cc1[nH]c(C2CCNCC2)nc1-c1ccco1. The normalized spacial score (nSPS) is 17.5. The van der Waals surface area contributed by atoms with Crippen molar-refractivity contribution in [3.63, 3.8) is 0 Å². The molecule has 17 heavy (non-hydrogen) atoms. The van der Waals surface area contributed by atoms with Gasteiger partial charge in [0.25, 0.3) is 0 Å². The molecule has 0 radical (unpaired) electrons. The van der Waals surface area contributed by atoms with Crippen LogP contribution in [0.15, 0.2) is 22.8 Å². The van der Waals surface area contributed by atoms with Crippen LogP contribution in [0.4, 0.5) is 0 Å². The lowest BCUT2D eigenvalue weighted by Gasteiger charge is -2.20. The van der Waals surface area contributed by atoms with Gasteiger partial charge in [-0.05, 0) is 45.0 Å². The minimum atomic E-state index is 0.554. The Labute approximate surface area is 100 Å². The van der Waals surface area contributed by atoms with Gasteiger partial charge in [-0.15, -0.1) is 0 Å². The molecule has 1 aliphatic rings. The van der Waals surface area contributed by atoms with Crippen molar-refractivity contribution in [2.75, 3.05) is 13.1 Å². The average Bonchev–Trinajstić information content (AvgIpc) is 2.99. The second-order valence-electron chi connectivity index (χ2n) is 4.60. The maximum Gasteiger partial charge on any atom is 0.154 e. The van der Waals surface area contributed by atoms with E-state index in [0.717, 1.165) is 48.9 Å². The highest BCUT2D eigenvalue weighted by Crippen LogP contribution is 2.28. The second kappa shape index (κ2) is 4.37. The van der Waals surface area contributed by atoms with E-state index in [1.54, 1.807) is 6.26 Å². The second-order valence-corrected chi connectivity index (χ2v) is 4.60. The van der Waals surface area contributed by atoms with Gasteiger partial charge < -0.3 is 14.7 Å². The molecule has 0 aliphatic carbocycles. The maximum atomic E-state index is 5.41. The van der Waals surface area contributed by atoms with E-state index in [9.17, 15) is 0 Å². The van der Waals surface area contributed by atoms with E-state index >= 15 is 0 Å². The fourth-order valence-corrected chi connectivity index (χ4v) is 2.43. The molecule has 90 valence electrons. The summed E-state index contributed by atoms with van der Waals surface area (Å²) >= 11 is 0. The van der Waals surface area contributed by atoms with Gasteiger partial charge >= 0.3 is 0 Å². The van der Waals surface area contributed by atoms with Gasteiger partial charge in [0.2, 0.25) is 0 Å². The molecule has 0 aromatic carbocycles. The number of hydrogen-bond acceptors (Lipinski definition) is 3. The summed E-state index contributed by atoms with van der Waals surface area (Å²) in [5.74, 6) is 2.51. The van der Waals surface area contributed by atoms with Crippen molar-refractivity contribution in [2.24, 2.45) is 0 Å². The van der Waals surface area contributed by atoms with Crippen LogP contribution in [-0.4, -0.2) is 23.1 Å². The van der Waals surface area contributed by atoms with Crippen molar-refractivity contribution in [1.82, 2.24) is 15.3 Å². The van der Waals surface area contributed by atoms with Crippen LogP contribution in [0.3, 0.4) is 0 Å². The predicted molar refractivity (Wildman–Crippen MR) is 65.9 cm³/mol. The molecule has 4 heteroatoms. The highest BCUT2D eigenvalue weighted by Gasteiger charge is 2.20. The Bertz CT molecular complexity index is 481. The first-order valence-electron chi connectivity index (χ1n) is 6.15. The van der Waals surface area contributed by atoms with Crippen molar-refractivity contribution in [3.8, 4) is 11.5 Å². The number of nitrogens with one attached hydrogen (secondary N) is 2. The van der Waals surface area contributed by atoms with Crippen LogP contribution in [0, 0.1) is 6.92 Å². The Kier molecular flexibility index (Phi) is 2.73. The molecule has 0 saturated carbocycles. The van der Waals surface area contributed by atoms with Gasteiger partial charge in [0.1, 0.15) is 11.5 Å². The topological polar surface area (TPSA) is 53.9 Å². The monoisotopic (exact) mass is 231 g/mol. The van der Waals surface area contributed by atoms with Gasteiger partial charge in [-0.3, -0.25) is 0 Å². The molecule has 1 aliphatic heterocycles. The Hall–Kier alpha value is -1.55. The number of aryl methyl sites for hydroxylation is 1. The van der Waals surface area contributed by atoms with E-state index < -0.39 is 0 Å². The van der Waals surface area contributed by atoms with Gasteiger partial charge in [0, 0.05) is 11.6 Å². The summed E-state index contributed by atoms with van der Waals surface area (Å²) in [5.41, 5.74) is 2.04. The van der Waals surface area contributed by atoms with Crippen molar-refractivity contribution < 1.29 is 4.42 Å². The first kappa shape index (κ1) is 10.6. The largest absolute Gasteiger partial charge is 0.463 e. The minimum Gasteiger partial charge on any atom is -0.463 e. The molecule has 2 N–H and O–H groups in total. The molecule has 4 nitrogen and oxygen atoms in total. The van der Waals surface area contributed by atoms with Crippen LogP contribution in [0.1, 0.15) is 30.3 Å². The van der Waals surface area contributed by atoms with Crippen LogP contribution >= 0.6 is 0 Å². The molecule has 2 aromatic heterocycles. The summed E-state index contributed by atoms with van der Waals surface area (Å²) in [4.78, 5) is 8.10. The number of hydrogen-bond donors (Lipinski definition) is 2. The van der Waals surface area contributed by atoms with E-state index in [-0.39, 0.29) is 0 Å². The molecular weight excluding hydrogens is 214 g/mol. The summed E-state index contributed by atoms with van der Waals surface area (Å²) in [7, 11) is 0. The van der Waals surface area contributed by atoms with E-state index in [1.165, 1.54) is 0 Å². The molecular formula is C13H17N3O. The smallest absolute Gasteiger partial charge is 0.154 e. The van der Waals surface area contributed by atoms with E-state index in [1.807, 2.05) is 12.1 Å². The lowest BCUT2D eigenvalue weighted by molar-refractivity contribution is 0.447. The zero-order valence-electron chi connectivity index (χ0n) is 9.99. The fraction of sp³-hybridized carbons (Fsp3) is 0.462. The number of aromatic amines is 1. The summed E-state index contributed by atoms with van der Waals surface area (Å²) in [6, 6.07) is 3.85. The van der Waals surface area contributed by atoms with Crippen molar-refractivity contribution in [3.05, 3.63) is 29.9 Å². The summed E-state index contributed by atoms with van der Waals surface area (Å²) in [5, 5.41) is 3.37. The molecule has 2 aromatic rings. The molecule has 3 heterocycles. The first-order chi connectivity index (χ1) is 8.34. The zero-order chi connectivity index (χ0) is 11.7. The average molecular weight is 231 g/mol. The Morgan fingerprint density at radius 3 is 2.88 bits per heavy atom. The third-order valence-corrected chi connectivity index (χ3v) is 3.38.